The van der Waals surface area contributed by atoms with Crippen molar-refractivity contribution in [3.63, 3.8) is 0 Å². The number of hydrogen-bond donors (Lipinski definition) is 2. The minimum atomic E-state index is -1.18. The van der Waals surface area contributed by atoms with E-state index in [9.17, 15) is 9.18 Å². The molecule has 8 heteroatoms. The Morgan fingerprint density at radius 1 is 1.61 bits per heavy atom. The number of fused-ring (bicyclic) bond motifs is 1. The molecule has 0 spiro atoms. The van der Waals surface area contributed by atoms with E-state index in [2.05, 4.69) is 15.0 Å². The highest BCUT2D eigenvalue weighted by Crippen LogP contribution is 2.32. The van der Waals surface area contributed by atoms with E-state index in [1.165, 1.54) is 17.2 Å². The molecule has 3 rings (SSSR count). The maximum absolute atomic E-state index is 13.9. The van der Waals surface area contributed by atoms with Crippen molar-refractivity contribution in [1.29, 1.82) is 0 Å². The molecule has 1 fully saturated rings. The van der Waals surface area contributed by atoms with Gasteiger partial charge in [-0.05, 0) is 0 Å². The van der Waals surface area contributed by atoms with Gasteiger partial charge in [-0.25, -0.2) is 14.4 Å². The van der Waals surface area contributed by atoms with E-state index in [1.807, 2.05) is 0 Å². The lowest BCUT2D eigenvalue weighted by atomic mass is 10.2. The van der Waals surface area contributed by atoms with Crippen LogP contribution in [-0.4, -0.2) is 38.3 Å². The van der Waals surface area contributed by atoms with Gasteiger partial charge in [-0.3, -0.25) is 9.36 Å². The first-order chi connectivity index (χ1) is 8.70. The maximum atomic E-state index is 13.9. The number of alkyl halides is 1. The Morgan fingerprint density at radius 3 is 3.17 bits per heavy atom. The summed E-state index contributed by atoms with van der Waals surface area (Å²) in [5.41, 5.74) is 5.58. The molecule has 1 saturated heterocycles. The second kappa shape index (κ2) is 4.14. The summed E-state index contributed by atoms with van der Waals surface area (Å²) in [5, 5.41) is 0. The second-order valence-electron chi connectivity index (χ2n) is 4.19. The number of aromatic nitrogens is 4. The molecule has 0 amide bonds. The standard InChI is InChI=1S/C10H12FN5O2/c11-6-1-5(2-12)18-10(6)16-4-15-7-8(16)13-3-14-9(7)17/h3-6,10H,1-2,12H2,(H,13,14,17)/t5-,6+,10+/m0/s1. The SMILES string of the molecule is NC[C@@H]1C[C@@H](F)[C@H](n2cnc3c(=O)[nH]cnc32)O1. The molecule has 2 aromatic heterocycles. The van der Waals surface area contributed by atoms with Crippen molar-refractivity contribution in [3.8, 4) is 0 Å². The van der Waals surface area contributed by atoms with E-state index in [4.69, 9.17) is 10.5 Å². The molecule has 18 heavy (non-hydrogen) atoms. The van der Waals surface area contributed by atoms with Crippen LogP contribution in [0.2, 0.25) is 0 Å². The van der Waals surface area contributed by atoms with Crippen LogP contribution in [0.4, 0.5) is 4.39 Å². The monoisotopic (exact) mass is 253 g/mol. The van der Waals surface area contributed by atoms with Gasteiger partial charge >= 0.3 is 0 Å². The fourth-order valence-corrected chi connectivity index (χ4v) is 2.15. The average molecular weight is 253 g/mol. The number of nitrogens with two attached hydrogens (primary N) is 1. The van der Waals surface area contributed by atoms with Crippen molar-refractivity contribution in [1.82, 2.24) is 19.5 Å². The highest BCUT2D eigenvalue weighted by Gasteiger charge is 2.36. The lowest BCUT2D eigenvalue weighted by molar-refractivity contribution is -0.0127. The van der Waals surface area contributed by atoms with E-state index in [-0.39, 0.29) is 30.1 Å². The van der Waals surface area contributed by atoms with Gasteiger partial charge in [0, 0.05) is 13.0 Å². The predicted octanol–water partition coefficient (Wildman–Crippen LogP) is -0.296. The summed E-state index contributed by atoms with van der Waals surface area (Å²) in [7, 11) is 0. The van der Waals surface area contributed by atoms with Crippen LogP contribution in [0.15, 0.2) is 17.4 Å². The number of H-pyrrole nitrogens is 1. The Hall–Kier alpha value is -1.80. The Balaban J connectivity index is 2.05. The van der Waals surface area contributed by atoms with Crippen molar-refractivity contribution >= 4 is 11.2 Å². The Kier molecular flexibility index (Phi) is 2.60. The Morgan fingerprint density at radius 2 is 2.44 bits per heavy atom. The van der Waals surface area contributed by atoms with Gasteiger partial charge in [0.2, 0.25) is 0 Å². The van der Waals surface area contributed by atoms with Gasteiger partial charge in [0.1, 0.15) is 6.17 Å². The normalized spacial score (nSPS) is 28.0. The van der Waals surface area contributed by atoms with Crippen molar-refractivity contribution in [3.05, 3.63) is 23.0 Å². The summed E-state index contributed by atoms with van der Waals surface area (Å²) in [6.07, 6.45) is 0.540. The quantitative estimate of drug-likeness (QED) is 0.765. The average Bonchev–Trinajstić information content (AvgIpc) is 2.93. The molecule has 3 heterocycles. The molecular weight excluding hydrogens is 241 g/mol. The van der Waals surface area contributed by atoms with Gasteiger partial charge in [0.25, 0.3) is 5.56 Å². The number of ether oxygens (including phenoxy) is 1. The summed E-state index contributed by atoms with van der Waals surface area (Å²) >= 11 is 0. The predicted molar refractivity (Wildman–Crippen MR) is 60.6 cm³/mol. The van der Waals surface area contributed by atoms with E-state index in [0.29, 0.717) is 5.65 Å². The van der Waals surface area contributed by atoms with Crippen molar-refractivity contribution < 1.29 is 9.13 Å². The fraction of sp³-hybridized carbons (Fsp3) is 0.500. The van der Waals surface area contributed by atoms with Gasteiger partial charge in [0.15, 0.2) is 17.4 Å². The van der Waals surface area contributed by atoms with E-state index < -0.39 is 12.4 Å². The van der Waals surface area contributed by atoms with Crippen molar-refractivity contribution in [2.45, 2.75) is 24.9 Å². The number of imidazole rings is 1. The van der Waals surface area contributed by atoms with Gasteiger partial charge in [-0.1, -0.05) is 0 Å². The molecule has 1 aliphatic heterocycles. The summed E-state index contributed by atoms with van der Waals surface area (Å²) < 4.78 is 20.8. The molecule has 0 bridgehead atoms. The van der Waals surface area contributed by atoms with Gasteiger partial charge in [-0.15, -0.1) is 0 Å². The van der Waals surface area contributed by atoms with Crippen LogP contribution < -0.4 is 11.3 Å². The first-order valence-electron chi connectivity index (χ1n) is 5.60. The van der Waals surface area contributed by atoms with Gasteiger partial charge < -0.3 is 15.5 Å². The lowest BCUT2D eigenvalue weighted by Crippen LogP contribution is -2.20. The van der Waals surface area contributed by atoms with Crippen LogP contribution >= 0.6 is 0 Å². The summed E-state index contributed by atoms with van der Waals surface area (Å²) in [6.45, 7) is 0.261. The third-order valence-electron chi connectivity index (χ3n) is 3.03. The number of halogens is 1. The highest BCUT2D eigenvalue weighted by molar-refractivity contribution is 5.68. The molecule has 0 radical (unpaired) electrons. The molecule has 3 atom stereocenters. The van der Waals surface area contributed by atoms with Crippen LogP contribution in [0, 0.1) is 0 Å². The molecule has 3 N–H and O–H groups in total. The number of hydrogen-bond acceptors (Lipinski definition) is 5. The molecule has 2 aromatic rings. The maximum Gasteiger partial charge on any atom is 0.278 e. The van der Waals surface area contributed by atoms with Gasteiger partial charge in [-0.2, -0.15) is 0 Å². The van der Waals surface area contributed by atoms with Crippen LogP contribution in [0.5, 0.6) is 0 Å². The molecule has 1 aliphatic rings. The van der Waals surface area contributed by atoms with E-state index in [1.54, 1.807) is 0 Å². The Labute approximate surface area is 101 Å². The fourth-order valence-electron chi connectivity index (χ4n) is 2.15. The first-order valence-corrected chi connectivity index (χ1v) is 5.60. The Bertz CT molecular complexity index is 624. The zero-order chi connectivity index (χ0) is 12.7. The van der Waals surface area contributed by atoms with Crippen LogP contribution in [0.1, 0.15) is 12.6 Å². The minimum absolute atomic E-state index is 0.171. The molecule has 96 valence electrons. The zero-order valence-electron chi connectivity index (χ0n) is 9.41. The van der Waals surface area contributed by atoms with E-state index >= 15 is 0 Å². The first kappa shape index (κ1) is 11.3. The molecule has 7 nitrogen and oxygen atoms in total. The molecule has 0 saturated carbocycles. The molecular formula is C10H12FN5O2. The third kappa shape index (κ3) is 1.61. The van der Waals surface area contributed by atoms with E-state index in [0.717, 1.165) is 0 Å². The zero-order valence-corrected chi connectivity index (χ0v) is 9.41. The topological polar surface area (TPSA) is 98.8 Å². The largest absolute Gasteiger partial charge is 0.350 e. The van der Waals surface area contributed by atoms with Crippen molar-refractivity contribution in [2.24, 2.45) is 5.73 Å². The molecule has 0 unspecified atom stereocenters. The summed E-state index contributed by atoms with van der Waals surface area (Å²) in [6, 6.07) is 0. The lowest BCUT2D eigenvalue weighted by Gasteiger charge is -2.15. The summed E-state index contributed by atoms with van der Waals surface area (Å²) in [4.78, 5) is 21.8. The number of aromatic amines is 1. The summed E-state index contributed by atoms with van der Waals surface area (Å²) in [5.74, 6) is 0. The molecule has 0 aromatic carbocycles. The second-order valence-corrected chi connectivity index (χ2v) is 4.19. The van der Waals surface area contributed by atoms with Crippen molar-refractivity contribution in [2.75, 3.05) is 6.54 Å². The number of rotatable bonds is 2. The number of nitrogens with zero attached hydrogens (tertiary/aromatic N) is 3. The molecule has 0 aliphatic carbocycles. The highest BCUT2D eigenvalue weighted by atomic mass is 19.1. The number of nitrogens with one attached hydrogen (secondary N) is 1. The minimum Gasteiger partial charge on any atom is -0.350 e. The van der Waals surface area contributed by atoms with Crippen LogP contribution in [-0.2, 0) is 4.74 Å². The third-order valence-corrected chi connectivity index (χ3v) is 3.03. The van der Waals surface area contributed by atoms with Crippen LogP contribution in [0.25, 0.3) is 11.2 Å². The van der Waals surface area contributed by atoms with Crippen LogP contribution in [0.3, 0.4) is 0 Å². The smallest absolute Gasteiger partial charge is 0.278 e. The van der Waals surface area contributed by atoms with Gasteiger partial charge in [0.05, 0.1) is 18.8 Å².